The SMILES string of the molecule is C[C@H](O)[C@@H](O)c1ccc(C(=O)O)nc1. The fourth-order valence-electron chi connectivity index (χ4n) is 0.985. The molecule has 1 rings (SSSR count). The zero-order valence-corrected chi connectivity index (χ0v) is 7.58. The number of rotatable bonds is 3. The summed E-state index contributed by atoms with van der Waals surface area (Å²) in [6, 6.07) is 2.71. The molecule has 0 saturated carbocycles. The summed E-state index contributed by atoms with van der Waals surface area (Å²) in [6.45, 7) is 1.44. The van der Waals surface area contributed by atoms with Gasteiger partial charge in [0.1, 0.15) is 11.8 Å². The third kappa shape index (κ3) is 2.27. The Morgan fingerprint density at radius 3 is 2.43 bits per heavy atom. The van der Waals surface area contributed by atoms with Crippen molar-refractivity contribution in [1.29, 1.82) is 0 Å². The highest BCUT2D eigenvalue weighted by Gasteiger charge is 2.14. The lowest BCUT2D eigenvalue weighted by molar-refractivity contribution is 0.0303. The van der Waals surface area contributed by atoms with Crippen LogP contribution in [0.15, 0.2) is 18.3 Å². The van der Waals surface area contributed by atoms with Crippen LogP contribution in [0.2, 0.25) is 0 Å². The van der Waals surface area contributed by atoms with E-state index in [1.165, 1.54) is 25.3 Å². The van der Waals surface area contributed by atoms with Crippen molar-refractivity contribution in [3.8, 4) is 0 Å². The van der Waals surface area contributed by atoms with Gasteiger partial charge in [-0.25, -0.2) is 9.78 Å². The van der Waals surface area contributed by atoms with Crippen molar-refractivity contribution in [2.45, 2.75) is 19.1 Å². The molecule has 0 aliphatic carbocycles. The van der Waals surface area contributed by atoms with E-state index in [1.54, 1.807) is 0 Å². The first-order chi connectivity index (χ1) is 6.52. The maximum absolute atomic E-state index is 10.4. The number of hydrogen-bond acceptors (Lipinski definition) is 4. The number of hydrogen-bond donors (Lipinski definition) is 3. The van der Waals surface area contributed by atoms with E-state index >= 15 is 0 Å². The lowest BCUT2D eigenvalue weighted by atomic mass is 10.1. The monoisotopic (exact) mass is 197 g/mol. The van der Waals surface area contributed by atoms with Crippen LogP contribution in [0.5, 0.6) is 0 Å². The second-order valence-corrected chi connectivity index (χ2v) is 2.97. The van der Waals surface area contributed by atoms with Crippen LogP contribution in [0, 0.1) is 0 Å². The Balaban J connectivity index is 2.88. The van der Waals surface area contributed by atoms with Gasteiger partial charge in [-0.3, -0.25) is 0 Å². The summed E-state index contributed by atoms with van der Waals surface area (Å²) >= 11 is 0. The molecule has 0 aromatic carbocycles. The maximum Gasteiger partial charge on any atom is 0.354 e. The number of aromatic nitrogens is 1. The normalized spacial score (nSPS) is 14.8. The Hall–Kier alpha value is -1.46. The van der Waals surface area contributed by atoms with Gasteiger partial charge in [-0.2, -0.15) is 0 Å². The predicted octanol–water partition coefficient (Wildman–Crippen LogP) is 0.194. The van der Waals surface area contributed by atoms with E-state index in [0.29, 0.717) is 5.56 Å². The van der Waals surface area contributed by atoms with Crippen molar-refractivity contribution in [3.05, 3.63) is 29.6 Å². The average Bonchev–Trinajstić information content (AvgIpc) is 2.16. The number of pyridine rings is 1. The van der Waals surface area contributed by atoms with Gasteiger partial charge in [0.25, 0.3) is 0 Å². The Labute approximate surface area is 80.7 Å². The number of carboxylic acids is 1. The molecule has 0 unspecified atom stereocenters. The van der Waals surface area contributed by atoms with Crippen LogP contribution in [0.1, 0.15) is 29.1 Å². The average molecular weight is 197 g/mol. The minimum absolute atomic E-state index is 0.0912. The van der Waals surface area contributed by atoms with Crippen LogP contribution in [0.3, 0.4) is 0 Å². The minimum atomic E-state index is -1.12. The van der Waals surface area contributed by atoms with E-state index in [1.807, 2.05) is 0 Å². The van der Waals surface area contributed by atoms with Crippen molar-refractivity contribution >= 4 is 5.97 Å². The third-order valence-electron chi connectivity index (χ3n) is 1.80. The molecule has 76 valence electrons. The number of carbonyl (C=O) groups is 1. The first kappa shape index (κ1) is 10.6. The van der Waals surface area contributed by atoms with Crippen molar-refractivity contribution in [1.82, 2.24) is 4.98 Å². The molecule has 0 spiro atoms. The maximum atomic E-state index is 10.4. The van der Waals surface area contributed by atoms with E-state index < -0.39 is 18.2 Å². The van der Waals surface area contributed by atoms with E-state index in [2.05, 4.69) is 4.98 Å². The summed E-state index contributed by atoms with van der Waals surface area (Å²) in [6.07, 6.45) is -0.710. The smallest absolute Gasteiger partial charge is 0.354 e. The zero-order valence-electron chi connectivity index (χ0n) is 7.58. The van der Waals surface area contributed by atoms with E-state index in [0.717, 1.165) is 0 Å². The second-order valence-electron chi connectivity index (χ2n) is 2.97. The molecule has 1 heterocycles. The van der Waals surface area contributed by atoms with Gasteiger partial charge in [0.15, 0.2) is 0 Å². The number of aliphatic hydroxyl groups is 2. The van der Waals surface area contributed by atoms with Crippen molar-refractivity contribution in [3.63, 3.8) is 0 Å². The molecule has 0 bridgehead atoms. The van der Waals surface area contributed by atoms with E-state index in [9.17, 15) is 9.90 Å². The first-order valence-electron chi connectivity index (χ1n) is 4.07. The fraction of sp³-hybridized carbons (Fsp3) is 0.333. The van der Waals surface area contributed by atoms with Gasteiger partial charge in [-0.1, -0.05) is 6.07 Å². The van der Waals surface area contributed by atoms with Crippen LogP contribution in [0.4, 0.5) is 0 Å². The molecule has 1 aromatic heterocycles. The predicted molar refractivity (Wildman–Crippen MR) is 47.8 cm³/mol. The molecule has 0 aliphatic rings. The number of carboxylic acid groups (broad SMARTS) is 1. The van der Waals surface area contributed by atoms with Gasteiger partial charge in [-0.05, 0) is 13.0 Å². The molecule has 3 N–H and O–H groups in total. The molecule has 0 saturated heterocycles. The molecule has 5 heteroatoms. The van der Waals surface area contributed by atoms with Crippen LogP contribution in [0.25, 0.3) is 0 Å². The van der Waals surface area contributed by atoms with Crippen molar-refractivity contribution in [2.75, 3.05) is 0 Å². The molecular formula is C9H11NO4. The van der Waals surface area contributed by atoms with E-state index in [-0.39, 0.29) is 5.69 Å². The summed E-state index contributed by atoms with van der Waals surface area (Å²) in [5.41, 5.74) is 0.302. The van der Waals surface area contributed by atoms with Gasteiger partial charge < -0.3 is 15.3 Å². The molecule has 2 atom stereocenters. The van der Waals surface area contributed by atoms with Crippen LogP contribution in [-0.2, 0) is 0 Å². The molecule has 5 nitrogen and oxygen atoms in total. The molecular weight excluding hydrogens is 186 g/mol. The van der Waals surface area contributed by atoms with Gasteiger partial charge >= 0.3 is 5.97 Å². The molecule has 1 aromatic rings. The summed E-state index contributed by atoms with van der Waals surface area (Å²) in [7, 11) is 0. The van der Waals surface area contributed by atoms with Gasteiger partial charge in [-0.15, -0.1) is 0 Å². The Morgan fingerprint density at radius 2 is 2.07 bits per heavy atom. The highest BCUT2D eigenvalue weighted by Crippen LogP contribution is 2.15. The number of aromatic carboxylic acids is 1. The number of nitrogens with zero attached hydrogens (tertiary/aromatic N) is 1. The van der Waals surface area contributed by atoms with Crippen molar-refractivity contribution < 1.29 is 20.1 Å². The highest BCUT2D eigenvalue weighted by molar-refractivity contribution is 5.85. The summed E-state index contributed by atoms with van der Waals surface area (Å²) in [4.78, 5) is 14.1. The van der Waals surface area contributed by atoms with Gasteiger partial charge in [0.05, 0.1) is 6.10 Å². The van der Waals surface area contributed by atoms with Crippen LogP contribution < -0.4 is 0 Å². The molecule has 0 aliphatic heterocycles. The van der Waals surface area contributed by atoms with Crippen LogP contribution >= 0.6 is 0 Å². The van der Waals surface area contributed by atoms with Crippen molar-refractivity contribution in [2.24, 2.45) is 0 Å². The second kappa shape index (κ2) is 4.17. The molecule has 14 heavy (non-hydrogen) atoms. The fourth-order valence-corrected chi connectivity index (χ4v) is 0.985. The largest absolute Gasteiger partial charge is 0.477 e. The lowest BCUT2D eigenvalue weighted by Gasteiger charge is -2.12. The summed E-state index contributed by atoms with van der Waals surface area (Å²) < 4.78 is 0. The van der Waals surface area contributed by atoms with Crippen LogP contribution in [-0.4, -0.2) is 32.4 Å². The minimum Gasteiger partial charge on any atom is -0.477 e. The molecule has 0 radical (unpaired) electrons. The first-order valence-corrected chi connectivity index (χ1v) is 4.07. The Morgan fingerprint density at radius 1 is 1.43 bits per heavy atom. The standard InChI is InChI=1S/C9H11NO4/c1-5(11)8(12)6-2-3-7(9(13)14)10-4-6/h2-5,8,11-12H,1H3,(H,13,14)/t5-,8+/m0/s1. The molecule has 0 fully saturated rings. The summed E-state index contributed by atoms with van der Waals surface area (Å²) in [5, 5.41) is 27.0. The Bertz CT molecular complexity index is 320. The quantitative estimate of drug-likeness (QED) is 0.643. The topological polar surface area (TPSA) is 90.7 Å². The third-order valence-corrected chi connectivity index (χ3v) is 1.80. The molecule has 0 amide bonds. The van der Waals surface area contributed by atoms with E-state index in [4.69, 9.17) is 10.2 Å². The van der Waals surface area contributed by atoms with Gasteiger partial charge in [0.2, 0.25) is 0 Å². The zero-order chi connectivity index (χ0) is 10.7. The summed E-state index contributed by atoms with van der Waals surface area (Å²) in [5.74, 6) is -1.12. The lowest BCUT2D eigenvalue weighted by Crippen LogP contribution is -2.14. The Kier molecular flexibility index (Phi) is 3.16. The highest BCUT2D eigenvalue weighted by atomic mass is 16.4. The number of aliphatic hydroxyl groups excluding tert-OH is 2. The van der Waals surface area contributed by atoms with Gasteiger partial charge in [0, 0.05) is 11.8 Å².